The Morgan fingerprint density at radius 3 is 0.800 bits per heavy atom. The average molecular weight is 82.0 g/mol. The summed E-state index contributed by atoms with van der Waals surface area (Å²) in [5.41, 5.74) is 0. The molecule has 0 bridgehead atoms. The number of halogens is 1. The van der Waals surface area contributed by atoms with Crippen LogP contribution in [0, 0.1) is 7.18 Å². The van der Waals surface area contributed by atoms with Crippen LogP contribution in [0.15, 0.2) is 0 Å². The maximum Gasteiger partial charge on any atom is -0.870 e. The summed E-state index contributed by atoms with van der Waals surface area (Å²) in [4.78, 5) is 0. The minimum Gasteiger partial charge on any atom is -0.870 e. The first kappa shape index (κ1) is 106. The van der Waals surface area contributed by atoms with E-state index in [0.717, 1.165) is 0 Å². The van der Waals surface area contributed by atoms with Crippen LogP contribution >= 0.6 is 0 Å². The number of rotatable bonds is 0. The van der Waals surface area contributed by atoms with Crippen molar-refractivity contribution < 1.29 is 20.8 Å². The molecule has 0 aliphatic heterocycles. The summed E-state index contributed by atoms with van der Waals surface area (Å²) in [7, 11) is 4.25. The third-order valence-corrected chi connectivity index (χ3v) is 0. The zero-order valence-electron chi connectivity index (χ0n) is 2.22. The summed E-state index contributed by atoms with van der Waals surface area (Å²) >= 11 is 0. The maximum atomic E-state index is 8.75. The Hall–Kier alpha value is -0.190. The van der Waals surface area contributed by atoms with Gasteiger partial charge in [-0.05, 0) is 0 Å². The molecule has 3 nitrogen and oxygen atoms in total. The second-order valence-corrected chi connectivity index (χ2v) is 0. The van der Waals surface area contributed by atoms with Gasteiger partial charge in [-0.3, -0.25) is 0 Å². The Labute approximate surface area is 29.3 Å². The summed E-state index contributed by atoms with van der Waals surface area (Å²) in [5, 5.41) is 0. The summed E-state index contributed by atoms with van der Waals surface area (Å²) < 4.78 is 8.75. The fourth-order valence-corrected chi connectivity index (χ4v) is 0. The molecule has 0 aromatic carbocycles. The van der Waals surface area contributed by atoms with Crippen molar-refractivity contribution in [3.63, 3.8) is 0 Å². The Kier molecular flexibility index (Phi) is 17700. The molecule has 5 heavy (non-hydrogen) atoms. The van der Waals surface area contributed by atoms with Crippen LogP contribution in [0.3, 0.4) is 0 Å². The molecule has 0 atom stereocenters. The Bertz CT molecular complexity index is 6.85. The van der Waals surface area contributed by atoms with Crippen LogP contribution in [0.25, 0.3) is 0 Å². The first-order chi connectivity index (χ1) is 1.00. The Morgan fingerprint density at radius 1 is 0.800 bits per heavy atom. The number of hydrogen-bond acceptors (Lipinski definition) is 3. The fourth-order valence-electron chi connectivity index (χ4n) is 0. The van der Waals surface area contributed by atoms with Crippen LogP contribution in [-0.2, 0) is 0 Å². The van der Waals surface area contributed by atoms with Gasteiger partial charge in [0.05, 0.1) is 0 Å². The first-order valence-corrected chi connectivity index (χ1v) is 0.189. The summed E-state index contributed by atoms with van der Waals surface area (Å²) in [5.74, 6) is 0. The molecule has 0 saturated carbocycles. The summed E-state index contributed by atoms with van der Waals surface area (Å²) in [6.45, 7) is 0. The zero-order valence-corrected chi connectivity index (χ0v) is 2.22. The van der Waals surface area contributed by atoms with Crippen molar-refractivity contribution in [2.24, 2.45) is 0 Å². The van der Waals surface area contributed by atoms with Crippen molar-refractivity contribution in [2.75, 3.05) is 0 Å². The van der Waals surface area contributed by atoms with E-state index >= 15 is 0 Å². The van der Waals surface area contributed by atoms with E-state index < -0.39 is 0 Å². The van der Waals surface area contributed by atoms with Gasteiger partial charge in [-0.25, -0.2) is 0 Å². The quantitative estimate of drug-likeness (QED) is 0.410. The molecule has 0 saturated heterocycles. The monoisotopic (exact) mass is 82.0 g/mol. The molecule has 0 rings (SSSR count). The molecule has 3 N–H and O–H groups in total. The summed E-state index contributed by atoms with van der Waals surface area (Å²) in [6, 6.07) is 0. The molecule has 0 radical (unpaired) electrons. The van der Waals surface area contributed by atoms with Gasteiger partial charge in [0.1, 0.15) is 0 Å². The van der Waals surface area contributed by atoms with Crippen molar-refractivity contribution in [1.29, 1.82) is 0 Å². The van der Waals surface area contributed by atoms with Crippen molar-refractivity contribution >= 4 is 0 Å². The second-order valence-electron chi connectivity index (χ2n) is 0. The molecule has 0 aliphatic rings. The van der Waals surface area contributed by atoms with Crippen LogP contribution in [0.2, 0.25) is 0 Å². The van der Waals surface area contributed by atoms with E-state index in [9.17, 15) is 0 Å². The van der Waals surface area contributed by atoms with Gasteiger partial charge in [0.2, 0.25) is 0 Å². The van der Waals surface area contributed by atoms with E-state index in [1.54, 1.807) is 0 Å². The van der Waals surface area contributed by atoms with Gasteiger partial charge in [-0.1, -0.05) is 0 Å². The molecule has 0 aromatic heterocycles. The van der Waals surface area contributed by atoms with Gasteiger partial charge in [0, 0.05) is 0 Å². The fraction of sp³-hybridized carbons (Fsp3) is 0. The van der Waals surface area contributed by atoms with Crippen LogP contribution in [0.1, 0.15) is 0 Å². The zero-order chi connectivity index (χ0) is 2.00. The van der Waals surface area contributed by atoms with Gasteiger partial charge < -0.3 is 16.4 Å². The van der Waals surface area contributed by atoms with Gasteiger partial charge in [0.25, 0.3) is 0 Å². The third-order valence-electron chi connectivity index (χ3n) is 0. The predicted octanol–water partition coefficient (Wildman–Crippen LogP) is -0.0289. The van der Waals surface area contributed by atoms with E-state index in [1.807, 2.05) is 0 Å². The molecule has 0 heterocycles. The molecule has 0 aromatic rings. The minimum atomic E-state index is 0. The molecule has 0 aliphatic carbocycles. The first-order valence-electron chi connectivity index (χ1n) is 0.189. The predicted molar refractivity (Wildman–Crippen MR) is 10.2 cm³/mol. The van der Waals surface area contributed by atoms with Crippen LogP contribution in [0.4, 0.5) is 4.39 Å². The van der Waals surface area contributed by atoms with Crippen LogP contribution < -0.4 is 0 Å². The molecule has 32 valence electrons. The van der Waals surface area contributed by atoms with Crippen molar-refractivity contribution in [3.05, 3.63) is 7.18 Å². The topological polar surface area (TPSA) is 90.0 Å². The van der Waals surface area contributed by atoms with Crippen molar-refractivity contribution in [3.8, 4) is 0 Å². The van der Waals surface area contributed by atoms with E-state index in [0.29, 0.717) is 0 Å². The van der Waals surface area contributed by atoms with E-state index in [-0.39, 0.29) is 16.4 Å². The molecular formula is CH3FO3. The molecule has 0 spiro atoms. The van der Waals surface area contributed by atoms with Gasteiger partial charge in [-0.2, -0.15) is 0 Å². The molecular weight excluding hydrogens is 79.0 g/mol. The van der Waals surface area contributed by atoms with Crippen LogP contribution in [0.5, 0.6) is 0 Å². The van der Waals surface area contributed by atoms with E-state index in [2.05, 4.69) is 7.18 Å². The average Bonchev–Trinajstić information content (AvgIpc) is 1.00. The normalized spacial score (nSPS) is 1.40. The van der Waals surface area contributed by atoms with Crippen LogP contribution in [-0.4, -0.2) is 16.4 Å². The van der Waals surface area contributed by atoms with Crippen molar-refractivity contribution in [2.45, 2.75) is 0 Å². The maximum absolute atomic E-state index is 8.75. The van der Waals surface area contributed by atoms with E-state index in [4.69, 9.17) is 4.39 Å². The van der Waals surface area contributed by atoms with Gasteiger partial charge in [-0.15, -0.1) is 0 Å². The minimum absolute atomic E-state index is 0. The smallest absolute Gasteiger partial charge is 0.870 e. The SMILES string of the molecule is [C+3]F.[OH-].[OH-].[OH-]. The summed E-state index contributed by atoms with van der Waals surface area (Å²) in [6.07, 6.45) is 0. The van der Waals surface area contributed by atoms with Crippen molar-refractivity contribution in [1.82, 2.24) is 0 Å². The Balaban J connectivity index is -0.00000000167. The van der Waals surface area contributed by atoms with E-state index in [1.165, 1.54) is 0 Å². The number of hydrogen-bond donors (Lipinski definition) is 0. The second kappa shape index (κ2) is 833. The van der Waals surface area contributed by atoms with Gasteiger partial charge >= 0.3 is 11.6 Å². The third kappa shape index (κ3) is 346. The van der Waals surface area contributed by atoms with Gasteiger partial charge in [0.15, 0.2) is 0 Å². The largest absolute Gasteiger partial charge is 0.870 e. The molecule has 0 fully saturated rings. The standard InChI is InChI=1S/CF.3H2O/c1-2;;;/h;3*1H2/q+3;;;/p-3. The molecule has 0 unspecified atom stereocenters. The molecule has 0 amide bonds. The molecule has 4 heteroatoms. The Morgan fingerprint density at radius 2 is 0.800 bits per heavy atom.